The summed E-state index contributed by atoms with van der Waals surface area (Å²) in [5, 5.41) is 3.33. The third kappa shape index (κ3) is 3.58. The molecule has 0 aliphatic rings. The number of ether oxygens (including phenoxy) is 1. The SMILES string of the molecule is CCC(=O)Nc1nccc2c1ccn2C(=O)c1c(Cl)cc(C(=O)OC)cc1Cl. The maximum atomic E-state index is 13.1. The highest BCUT2D eigenvalue weighted by molar-refractivity contribution is 6.40. The number of methoxy groups -OCH3 is 1. The van der Waals surface area contributed by atoms with Crippen LogP contribution in [0, 0.1) is 0 Å². The van der Waals surface area contributed by atoms with Crippen molar-refractivity contribution in [2.45, 2.75) is 13.3 Å². The van der Waals surface area contributed by atoms with Crippen LogP contribution in [0.3, 0.4) is 0 Å². The topological polar surface area (TPSA) is 90.3 Å². The van der Waals surface area contributed by atoms with Gasteiger partial charge in [0.05, 0.1) is 33.8 Å². The van der Waals surface area contributed by atoms with E-state index in [1.807, 2.05) is 0 Å². The zero-order chi connectivity index (χ0) is 20.4. The molecule has 2 heterocycles. The predicted octanol–water partition coefficient (Wildman–Crippen LogP) is 4.17. The van der Waals surface area contributed by atoms with Gasteiger partial charge in [0, 0.05) is 24.2 Å². The molecule has 1 N–H and O–H groups in total. The van der Waals surface area contributed by atoms with Gasteiger partial charge in [0.1, 0.15) is 5.82 Å². The van der Waals surface area contributed by atoms with Crippen molar-refractivity contribution in [3.8, 4) is 0 Å². The van der Waals surface area contributed by atoms with Gasteiger partial charge < -0.3 is 10.1 Å². The Kier molecular flexibility index (Phi) is 5.67. The number of rotatable bonds is 4. The number of esters is 1. The first kappa shape index (κ1) is 19.9. The van der Waals surface area contributed by atoms with Gasteiger partial charge in [-0.2, -0.15) is 0 Å². The Hall–Kier alpha value is -2.90. The summed E-state index contributed by atoms with van der Waals surface area (Å²) in [5.74, 6) is -0.935. The van der Waals surface area contributed by atoms with Gasteiger partial charge in [-0.05, 0) is 24.3 Å². The van der Waals surface area contributed by atoms with E-state index in [-0.39, 0.29) is 27.1 Å². The number of hydrogen-bond donors (Lipinski definition) is 1. The van der Waals surface area contributed by atoms with Crippen LogP contribution in [0.1, 0.15) is 34.1 Å². The fourth-order valence-electron chi connectivity index (χ4n) is 2.70. The van der Waals surface area contributed by atoms with E-state index in [9.17, 15) is 14.4 Å². The molecule has 1 aromatic carbocycles. The molecule has 144 valence electrons. The fourth-order valence-corrected chi connectivity index (χ4v) is 3.35. The maximum absolute atomic E-state index is 13.1. The van der Waals surface area contributed by atoms with E-state index in [4.69, 9.17) is 23.2 Å². The smallest absolute Gasteiger partial charge is 0.337 e. The van der Waals surface area contributed by atoms with E-state index in [2.05, 4.69) is 15.0 Å². The highest BCUT2D eigenvalue weighted by Crippen LogP contribution is 2.30. The number of anilines is 1. The Bertz CT molecular complexity index is 1080. The lowest BCUT2D eigenvalue weighted by atomic mass is 10.1. The van der Waals surface area contributed by atoms with Crippen molar-refractivity contribution < 1.29 is 19.1 Å². The second-order valence-corrected chi connectivity index (χ2v) is 6.61. The molecule has 1 amide bonds. The van der Waals surface area contributed by atoms with Crippen molar-refractivity contribution in [3.05, 3.63) is 57.8 Å². The third-order valence-corrected chi connectivity index (χ3v) is 4.69. The Labute approximate surface area is 170 Å². The quantitative estimate of drug-likeness (QED) is 0.640. The van der Waals surface area contributed by atoms with Crippen LogP contribution < -0.4 is 5.32 Å². The number of pyridine rings is 1. The first-order valence-corrected chi connectivity index (χ1v) is 9.01. The van der Waals surface area contributed by atoms with E-state index in [0.717, 1.165) is 0 Å². The Balaban J connectivity index is 2.07. The van der Waals surface area contributed by atoms with E-state index in [1.54, 1.807) is 19.1 Å². The molecule has 0 spiro atoms. The predicted molar refractivity (Wildman–Crippen MR) is 106 cm³/mol. The highest BCUT2D eigenvalue weighted by atomic mass is 35.5. The second-order valence-electron chi connectivity index (χ2n) is 5.79. The van der Waals surface area contributed by atoms with E-state index in [0.29, 0.717) is 23.1 Å². The highest BCUT2D eigenvalue weighted by Gasteiger charge is 2.22. The van der Waals surface area contributed by atoms with Crippen LogP contribution in [0.2, 0.25) is 10.0 Å². The molecule has 7 nitrogen and oxygen atoms in total. The Morgan fingerprint density at radius 3 is 2.46 bits per heavy atom. The van der Waals surface area contributed by atoms with Gasteiger partial charge in [-0.1, -0.05) is 30.1 Å². The molecule has 0 atom stereocenters. The lowest BCUT2D eigenvalue weighted by Crippen LogP contribution is -2.14. The van der Waals surface area contributed by atoms with Crippen molar-refractivity contribution >= 4 is 57.7 Å². The summed E-state index contributed by atoms with van der Waals surface area (Å²) in [6.45, 7) is 1.73. The van der Waals surface area contributed by atoms with Crippen LogP contribution in [0.15, 0.2) is 36.7 Å². The molecule has 9 heteroatoms. The van der Waals surface area contributed by atoms with Crippen LogP contribution in [0.4, 0.5) is 5.82 Å². The molecule has 0 aliphatic carbocycles. The molecule has 0 bridgehead atoms. The normalized spacial score (nSPS) is 10.7. The van der Waals surface area contributed by atoms with Gasteiger partial charge in [0.2, 0.25) is 5.91 Å². The lowest BCUT2D eigenvalue weighted by Gasteiger charge is -2.10. The molecule has 2 aromatic heterocycles. The molecule has 3 rings (SSSR count). The lowest BCUT2D eigenvalue weighted by molar-refractivity contribution is -0.115. The Morgan fingerprint density at radius 2 is 1.86 bits per heavy atom. The first-order chi connectivity index (χ1) is 13.4. The number of nitrogens with zero attached hydrogens (tertiary/aromatic N) is 2. The fraction of sp³-hybridized carbons (Fsp3) is 0.158. The number of carbonyl (C=O) groups is 3. The minimum atomic E-state index is -0.614. The second kappa shape index (κ2) is 8.00. The summed E-state index contributed by atoms with van der Waals surface area (Å²) in [6, 6.07) is 5.95. The minimum Gasteiger partial charge on any atom is -0.465 e. The van der Waals surface area contributed by atoms with E-state index in [1.165, 1.54) is 36.2 Å². The number of fused-ring (bicyclic) bond motifs is 1. The largest absolute Gasteiger partial charge is 0.465 e. The molecule has 0 aliphatic heterocycles. The van der Waals surface area contributed by atoms with Gasteiger partial charge in [-0.25, -0.2) is 9.78 Å². The van der Waals surface area contributed by atoms with Crippen LogP contribution in [0.25, 0.3) is 10.9 Å². The van der Waals surface area contributed by atoms with Crippen molar-refractivity contribution in [1.82, 2.24) is 9.55 Å². The molecule has 0 fully saturated rings. The number of halogens is 2. The van der Waals surface area contributed by atoms with Crippen molar-refractivity contribution in [2.24, 2.45) is 0 Å². The molecular formula is C19H15Cl2N3O4. The van der Waals surface area contributed by atoms with Gasteiger partial charge >= 0.3 is 5.97 Å². The number of benzene rings is 1. The summed E-state index contributed by atoms with van der Waals surface area (Å²) in [5.41, 5.74) is 0.709. The summed E-state index contributed by atoms with van der Waals surface area (Å²) in [6.07, 6.45) is 3.33. The molecule has 0 saturated carbocycles. The summed E-state index contributed by atoms with van der Waals surface area (Å²) in [4.78, 5) is 40.6. The van der Waals surface area contributed by atoms with Gasteiger partial charge in [0.25, 0.3) is 5.91 Å². The standard InChI is InChI=1S/C19H15Cl2N3O4/c1-3-15(25)23-17-11-5-7-24(14(11)4-6-22-17)18(26)16-12(20)8-10(9-13(16)21)19(27)28-2/h4-9H,3H2,1-2H3,(H,22,23,25). The first-order valence-electron chi connectivity index (χ1n) is 8.25. The summed E-state index contributed by atoms with van der Waals surface area (Å²) < 4.78 is 5.99. The number of carbonyl (C=O) groups excluding carboxylic acids is 3. The molecular weight excluding hydrogens is 405 g/mol. The molecule has 0 radical (unpaired) electrons. The third-order valence-electron chi connectivity index (χ3n) is 4.09. The van der Waals surface area contributed by atoms with Crippen molar-refractivity contribution in [2.75, 3.05) is 12.4 Å². The molecule has 0 saturated heterocycles. The summed E-state index contributed by atoms with van der Waals surface area (Å²) >= 11 is 12.4. The maximum Gasteiger partial charge on any atom is 0.337 e. The van der Waals surface area contributed by atoms with Gasteiger partial charge in [0.15, 0.2) is 0 Å². The monoisotopic (exact) mass is 419 g/mol. The van der Waals surface area contributed by atoms with Crippen LogP contribution in [-0.2, 0) is 9.53 Å². The number of nitrogens with one attached hydrogen (secondary N) is 1. The van der Waals surface area contributed by atoms with E-state index >= 15 is 0 Å². The molecule has 3 aromatic rings. The number of aromatic nitrogens is 2. The average Bonchev–Trinajstić information content (AvgIpc) is 3.11. The molecule has 0 unspecified atom stereocenters. The molecule has 28 heavy (non-hydrogen) atoms. The van der Waals surface area contributed by atoms with Gasteiger partial charge in [-0.3, -0.25) is 14.2 Å². The zero-order valence-electron chi connectivity index (χ0n) is 15.0. The summed E-state index contributed by atoms with van der Waals surface area (Å²) in [7, 11) is 1.23. The van der Waals surface area contributed by atoms with Crippen molar-refractivity contribution in [1.29, 1.82) is 0 Å². The minimum absolute atomic E-state index is 0.0216. The van der Waals surface area contributed by atoms with Crippen LogP contribution in [-0.4, -0.2) is 34.4 Å². The average molecular weight is 420 g/mol. The number of hydrogen-bond acceptors (Lipinski definition) is 5. The van der Waals surface area contributed by atoms with E-state index < -0.39 is 11.9 Å². The van der Waals surface area contributed by atoms with Gasteiger partial charge in [-0.15, -0.1) is 0 Å². The zero-order valence-corrected chi connectivity index (χ0v) is 16.5. The van der Waals surface area contributed by atoms with Crippen LogP contribution >= 0.6 is 23.2 Å². The Morgan fingerprint density at radius 1 is 1.18 bits per heavy atom. The number of amides is 1. The van der Waals surface area contributed by atoms with Crippen molar-refractivity contribution in [3.63, 3.8) is 0 Å². The van der Waals surface area contributed by atoms with Crippen LogP contribution in [0.5, 0.6) is 0 Å².